The van der Waals surface area contributed by atoms with Gasteiger partial charge in [0.05, 0.1) is 5.60 Å². The Bertz CT molecular complexity index is 818. The molecule has 0 radical (unpaired) electrons. The van der Waals surface area contributed by atoms with Crippen LogP contribution in [-0.2, 0) is 24.8 Å². The van der Waals surface area contributed by atoms with Gasteiger partial charge in [-0.2, -0.15) is 30.7 Å². The molecule has 4 aliphatic rings. The molecular weight excluding hydrogens is 447 g/mol. The lowest BCUT2D eigenvalue weighted by molar-refractivity contribution is -0.374. The quantitative estimate of drug-likeness (QED) is 0.562. The molecule has 164 valence electrons. The fourth-order valence-corrected chi connectivity index (χ4v) is 6.94. The Morgan fingerprint density at radius 3 is 1.50 bits per heavy atom. The molecule has 0 aromatic heterocycles. The molecule has 0 aromatic carbocycles. The van der Waals surface area contributed by atoms with Gasteiger partial charge in [0.15, 0.2) is 20.0 Å². The summed E-state index contributed by atoms with van der Waals surface area (Å²) in [7, 11) is -14.1. The third kappa shape index (κ3) is 3.51. The average Bonchev–Trinajstić information content (AvgIpc) is 2.41. The van der Waals surface area contributed by atoms with E-state index in [2.05, 4.69) is 4.74 Å². The van der Waals surface area contributed by atoms with Crippen molar-refractivity contribution in [3.63, 3.8) is 0 Å². The number of rotatable bonds is 6. The molecule has 4 fully saturated rings. The molecular formula is C13H15F7NO5S2-. The fraction of sp³-hybridized carbons (Fsp3) is 1.00. The van der Waals surface area contributed by atoms with Crippen molar-refractivity contribution in [2.75, 3.05) is 0 Å². The van der Waals surface area contributed by atoms with Crippen LogP contribution in [0.4, 0.5) is 30.7 Å². The lowest BCUT2D eigenvalue weighted by atomic mass is 9.54. The topological polar surface area (TPSA) is 91.6 Å². The van der Waals surface area contributed by atoms with E-state index in [4.69, 9.17) is 0 Å². The largest absolute Gasteiger partial charge is 0.480 e. The SMILES string of the molecule is O=S(=O)([N-]S(=O)(=O)C(F)(F)C(F)(F)OC12CC3CC(CC(C3)C1)C2)C(F)(F)F. The van der Waals surface area contributed by atoms with Crippen LogP contribution in [0.1, 0.15) is 38.5 Å². The Hall–Kier alpha value is -0.670. The van der Waals surface area contributed by atoms with Crippen molar-refractivity contribution in [2.45, 2.75) is 61.0 Å². The summed E-state index contributed by atoms with van der Waals surface area (Å²) in [5.41, 5.74) is -8.09. The average molecular weight is 462 g/mol. The number of sulfonamides is 2. The van der Waals surface area contributed by atoms with Gasteiger partial charge in [0.1, 0.15) is 0 Å². The highest BCUT2D eigenvalue weighted by Crippen LogP contribution is 2.59. The van der Waals surface area contributed by atoms with Crippen LogP contribution >= 0.6 is 0 Å². The Kier molecular flexibility index (Phi) is 4.85. The van der Waals surface area contributed by atoms with Crippen LogP contribution in [0.3, 0.4) is 0 Å². The van der Waals surface area contributed by atoms with E-state index in [0.29, 0.717) is 19.3 Å². The predicted molar refractivity (Wildman–Crippen MR) is 79.1 cm³/mol. The van der Waals surface area contributed by atoms with Gasteiger partial charge in [0.25, 0.3) is 0 Å². The molecule has 0 N–H and O–H groups in total. The highest BCUT2D eigenvalue weighted by molar-refractivity contribution is 8.13. The highest BCUT2D eigenvalue weighted by atomic mass is 32.3. The van der Waals surface area contributed by atoms with Crippen molar-refractivity contribution < 1.29 is 52.3 Å². The first-order chi connectivity index (χ1) is 12.4. The molecule has 0 saturated heterocycles. The maximum Gasteiger partial charge on any atom is 0.480 e. The third-order valence-electron chi connectivity index (χ3n) is 5.48. The lowest BCUT2D eigenvalue weighted by Gasteiger charge is -2.57. The molecule has 4 aliphatic carbocycles. The molecule has 4 rings (SSSR count). The number of halogens is 7. The molecule has 0 amide bonds. The maximum absolute atomic E-state index is 14.2. The highest BCUT2D eigenvalue weighted by Gasteiger charge is 2.68. The molecule has 0 unspecified atom stereocenters. The monoisotopic (exact) mass is 462 g/mol. The van der Waals surface area contributed by atoms with E-state index in [9.17, 15) is 47.6 Å². The van der Waals surface area contributed by atoms with Gasteiger partial charge in [-0.3, -0.25) is 0 Å². The number of hydrogen-bond donors (Lipinski definition) is 0. The Morgan fingerprint density at radius 2 is 1.14 bits per heavy atom. The van der Waals surface area contributed by atoms with Crippen molar-refractivity contribution in [1.29, 1.82) is 0 Å². The van der Waals surface area contributed by atoms with Crippen molar-refractivity contribution in [2.24, 2.45) is 17.8 Å². The van der Waals surface area contributed by atoms with Crippen molar-refractivity contribution in [3.05, 3.63) is 4.13 Å². The standard InChI is InChI=1S/C13H15F7NO5S2/c14-11(15,12(16,17)27(22,23)21-28(24,25)13(18,19)20)26-10-4-7-1-8(5-10)3-9(2-7)6-10/h7-9H,1-6H2/q-1. The number of alkyl halides is 7. The van der Waals surface area contributed by atoms with Gasteiger partial charge in [-0.05, 0) is 56.3 Å². The normalized spacial score (nSPS) is 34.0. The van der Waals surface area contributed by atoms with Crippen molar-refractivity contribution >= 4 is 20.0 Å². The first kappa shape index (κ1) is 22.0. The van der Waals surface area contributed by atoms with Crippen LogP contribution in [0.15, 0.2) is 0 Å². The number of hydrogen-bond acceptors (Lipinski definition) is 5. The second-order valence-corrected chi connectivity index (χ2v) is 11.2. The fourth-order valence-electron chi connectivity index (χ4n) is 4.86. The summed E-state index contributed by atoms with van der Waals surface area (Å²) >= 11 is 0. The van der Waals surface area contributed by atoms with E-state index in [1.54, 1.807) is 0 Å². The molecule has 4 bridgehead atoms. The maximum atomic E-state index is 14.2. The van der Waals surface area contributed by atoms with Crippen molar-refractivity contribution in [1.82, 2.24) is 0 Å². The van der Waals surface area contributed by atoms with Gasteiger partial charge >= 0.3 is 16.9 Å². The molecule has 0 aliphatic heterocycles. The minimum Gasteiger partial charge on any atom is -0.423 e. The van der Waals surface area contributed by atoms with Crippen LogP contribution < -0.4 is 0 Å². The van der Waals surface area contributed by atoms with E-state index in [1.807, 2.05) is 0 Å². The predicted octanol–water partition coefficient (Wildman–Crippen LogP) is 3.71. The zero-order chi connectivity index (χ0) is 21.4. The molecule has 0 aromatic rings. The third-order valence-corrected chi connectivity index (χ3v) is 8.52. The molecule has 4 saturated carbocycles. The minimum absolute atomic E-state index is 0.0102. The smallest absolute Gasteiger partial charge is 0.423 e. The summed E-state index contributed by atoms with van der Waals surface area (Å²) in [6.45, 7) is 0. The summed E-state index contributed by atoms with van der Waals surface area (Å²) in [6, 6.07) is 0. The second-order valence-electron chi connectivity index (χ2n) is 7.71. The summed E-state index contributed by atoms with van der Waals surface area (Å²) < 4.78 is 143. The molecule has 0 heterocycles. The van der Waals surface area contributed by atoms with Crippen molar-refractivity contribution in [3.8, 4) is 0 Å². The summed E-state index contributed by atoms with van der Waals surface area (Å²) in [6.07, 6.45) is -3.68. The van der Waals surface area contributed by atoms with Crippen LogP contribution in [0.5, 0.6) is 0 Å². The minimum atomic E-state index is -7.13. The van der Waals surface area contributed by atoms with E-state index in [1.165, 1.54) is 0 Å². The lowest BCUT2D eigenvalue weighted by Crippen LogP contribution is -2.59. The molecule has 15 heteroatoms. The van der Waals surface area contributed by atoms with Gasteiger partial charge in [0, 0.05) is 0 Å². The van der Waals surface area contributed by atoms with Gasteiger partial charge in [-0.15, -0.1) is 0 Å². The Morgan fingerprint density at radius 1 is 0.750 bits per heavy atom. The summed E-state index contributed by atoms with van der Waals surface area (Å²) in [5, 5.41) is -6.32. The molecule has 0 spiro atoms. The van der Waals surface area contributed by atoms with E-state index in [0.717, 1.165) is 4.13 Å². The molecule has 0 atom stereocenters. The zero-order valence-corrected chi connectivity index (χ0v) is 15.6. The van der Waals surface area contributed by atoms with Gasteiger partial charge in [-0.25, -0.2) is 16.8 Å². The van der Waals surface area contributed by atoms with E-state index in [-0.39, 0.29) is 37.0 Å². The second kappa shape index (κ2) is 6.17. The Labute approximate surface area is 155 Å². The van der Waals surface area contributed by atoms with Crippen LogP contribution in [0.25, 0.3) is 4.13 Å². The summed E-state index contributed by atoms with van der Waals surface area (Å²) in [4.78, 5) is 0. The van der Waals surface area contributed by atoms with E-state index < -0.39 is 42.5 Å². The number of nitrogens with zero attached hydrogens (tertiary/aromatic N) is 1. The summed E-state index contributed by atoms with van der Waals surface area (Å²) in [5.74, 6) is -0.160. The Balaban J connectivity index is 1.86. The van der Waals surface area contributed by atoms with Gasteiger partial charge in [0.2, 0.25) is 0 Å². The zero-order valence-electron chi connectivity index (χ0n) is 13.9. The van der Waals surface area contributed by atoms with Gasteiger partial charge < -0.3 is 8.86 Å². The van der Waals surface area contributed by atoms with E-state index >= 15 is 0 Å². The number of ether oxygens (including phenoxy) is 1. The van der Waals surface area contributed by atoms with Crippen LogP contribution in [-0.4, -0.2) is 39.3 Å². The van der Waals surface area contributed by atoms with Crippen LogP contribution in [0, 0.1) is 17.8 Å². The van der Waals surface area contributed by atoms with Gasteiger partial charge in [-0.1, -0.05) is 0 Å². The molecule has 6 nitrogen and oxygen atoms in total. The molecule has 28 heavy (non-hydrogen) atoms. The van der Waals surface area contributed by atoms with Crippen LogP contribution in [0.2, 0.25) is 0 Å². The first-order valence-electron chi connectivity index (χ1n) is 8.16. The first-order valence-corrected chi connectivity index (χ1v) is 11.0.